The van der Waals surface area contributed by atoms with E-state index in [1.54, 1.807) is 0 Å². The molecule has 0 aliphatic rings. The third kappa shape index (κ3) is 5.35. The third-order valence-electron chi connectivity index (χ3n) is 4.10. The Kier molecular flexibility index (Phi) is 7.19. The van der Waals surface area contributed by atoms with Crippen molar-refractivity contribution in [2.24, 2.45) is 7.05 Å². The summed E-state index contributed by atoms with van der Waals surface area (Å²) < 4.78 is 80.5. The largest absolute Gasteiger partial charge is 0.437 e. The first kappa shape index (κ1) is 25.5. The van der Waals surface area contributed by atoms with Gasteiger partial charge in [-0.2, -0.15) is 50.0 Å². The number of alkyl halides is 6. The second-order valence-corrected chi connectivity index (χ2v) is 6.92. The van der Waals surface area contributed by atoms with Gasteiger partial charge in [0, 0.05) is 17.6 Å². The predicted octanol–water partition coefficient (Wildman–Crippen LogP) is 4.30. The van der Waals surface area contributed by atoms with Crippen molar-refractivity contribution in [3.63, 3.8) is 0 Å². The number of aromatic nitrogens is 5. The van der Waals surface area contributed by atoms with Gasteiger partial charge in [0.05, 0.1) is 17.8 Å². The van der Waals surface area contributed by atoms with Crippen LogP contribution < -0.4 is 5.32 Å². The molecule has 7 nitrogen and oxygen atoms in total. The summed E-state index contributed by atoms with van der Waals surface area (Å²) in [5, 5.41) is 9.23. The Bertz CT molecular complexity index is 1130. The molecule has 1 atom stereocenters. The van der Waals surface area contributed by atoms with Crippen LogP contribution in [-0.2, 0) is 19.4 Å². The number of carbonyl (C=O) groups is 1. The van der Waals surface area contributed by atoms with Gasteiger partial charge < -0.3 is 5.32 Å². The maximum Gasteiger partial charge on any atom is 0.437 e. The molecule has 0 fully saturated rings. The molecule has 2 aromatic heterocycles. The van der Waals surface area contributed by atoms with E-state index in [9.17, 15) is 31.1 Å². The molecule has 1 amide bonds. The molecule has 174 valence electrons. The van der Waals surface area contributed by atoms with Gasteiger partial charge in [0.2, 0.25) is 0 Å². The highest BCUT2D eigenvalue weighted by atomic mass is 35.5. The van der Waals surface area contributed by atoms with Crippen LogP contribution >= 0.6 is 25.1 Å². The number of nitrogens with zero attached hydrogens (tertiary/aromatic N) is 5. The molecule has 3 aromatic rings. The Morgan fingerprint density at radius 2 is 1.78 bits per heavy atom. The first-order chi connectivity index (χ1) is 14.3. The van der Waals surface area contributed by atoms with E-state index in [0.717, 1.165) is 28.0 Å². The number of rotatable bonds is 4. The minimum atomic E-state index is -4.78. The minimum Gasteiger partial charge on any atom is -0.342 e. The number of hydrogen-bond acceptors (Lipinski definition) is 4. The highest BCUT2D eigenvalue weighted by Crippen LogP contribution is 2.34. The smallest absolute Gasteiger partial charge is 0.342 e. The quantitative estimate of drug-likeness (QED) is 0.542. The Morgan fingerprint density at radius 3 is 2.38 bits per heavy atom. The summed E-state index contributed by atoms with van der Waals surface area (Å²) in [5.74, 6) is -1.03. The van der Waals surface area contributed by atoms with Crippen LogP contribution in [0.5, 0.6) is 0 Å². The fourth-order valence-electron chi connectivity index (χ4n) is 2.79. The third-order valence-corrected chi connectivity index (χ3v) is 4.32. The standard InChI is InChI=1S/C17H13ClF6N6O.H2S/c1-8(27-15(31)9-3-10(16(19,20)21)5-11(18)4-9)14-25-7-26-30(14)12-6-29(2)28-13(12)17(22,23)24;/h3-8H,1-2H3,(H,27,31);1H2/t8-;/m0./s1. The summed E-state index contributed by atoms with van der Waals surface area (Å²) >= 11 is 5.68. The van der Waals surface area contributed by atoms with Gasteiger partial charge in [0.1, 0.15) is 12.0 Å². The van der Waals surface area contributed by atoms with Crippen LogP contribution in [-0.4, -0.2) is 30.5 Å². The van der Waals surface area contributed by atoms with Gasteiger partial charge in [-0.1, -0.05) is 11.6 Å². The topological polar surface area (TPSA) is 77.6 Å². The van der Waals surface area contributed by atoms with Crippen LogP contribution in [0.3, 0.4) is 0 Å². The second-order valence-electron chi connectivity index (χ2n) is 6.49. The SMILES string of the molecule is C[C@H](NC(=O)c1cc(Cl)cc(C(F)(F)F)c1)c1ncnn1-c1cn(C)nc1C(F)(F)F.S. The molecule has 0 saturated carbocycles. The molecule has 0 unspecified atom stereocenters. The van der Waals surface area contributed by atoms with E-state index in [1.165, 1.54) is 14.0 Å². The normalized spacial score (nSPS) is 12.9. The Hall–Kier alpha value is -2.74. The second kappa shape index (κ2) is 9.02. The summed E-state index contributed by atoms with van der Waals surface area (Å²) in [4.78, 5) is 16.3. The van der Waals surface area contributed by atoms with Crippen LogP contribution in [0.25, 0.3) is 5.69 Å². The Morgan fingerprint density at radius 1 is 1.12 bits per heavy atom. The molecular formula is C17H15ClF6N6OS. The fourth-order valence-corrected chi connectivity index (χ4v) is 3.03. The van der Waals surface area contributed by atoms with Crippen LogP contribution in [0.1, 0.15) is 40.4 Å². The first-order valence-electron chi connectivity index (χ1n) is 8.47. The van der Waals surface area contributed by atoms with Crippen LogP contribution in [0, 0.1) is 0 Å². The highest BCUT2D eigenvalue weighted by molar-refractivity contribution is 7.59. The number of carbonyl (C=O) groups excluding carboxylic acids is 1. The Balaban J connectivity index is 0.00000363. The van der Waals surface area contributed by atoms with Gasteiger partial charge >= 0.3 is 12.4 Å². The van der Waals surface area contributed by atoms with Gasteiger partial charge in [-0.25, -0.2) is 9.67 Å². The van der Waals surface area contributed by atoms with Gasteiger partial charge in [0.15, 0.2) is 11.5 Å². The van der Waals surface area contributed by atoms with Crippen LogP contribution in [0.2, 0.25) is 5.02 Å². The first-order valence-corrected chi connectivity index (χ1v) is 8.85. The van der Waals surface area contributed by atoms with E-state index in [1.807, 2.05) is 0 Å². The minimum absolute atomic E-state index is 0. The summed E-state index contributed by atoms with van der Waals surface area (Å²) in [6.07, 6.45) is -7.45. The molecule has 15 heteroatoms. The van der Waals surface area contributed by atoms with Crippen LogP contribution in [0.4, 0.5) is 26.3 Å². The number of nitrogens with one attached hydrogen (secondary N) is 1. The maximum absolute atomic E-state index is 13.3. The molecule has 3 rings (SSSR count). The number of hydrogen-bond donors (Lipinski definition) is 1. The summed E-state index contributed by atoms with van der Waals surface area (Å²) in [6.45, 7) is 1.39. The van der Waals surface area contributed by atoms with Crippen molar-refractivity contribution in [3.8, 4) is 5.69 Å². The highest BCUT2D eigenvalue weighted by Gasteiger charge is 2.39. The van der Waals surface area contributed by atoms with E-state index in [4.69, 9.17) is 11.6 Å². The number of halogens is 7. The molecule has 0 bridgehead atoms. The number of benzene rings is 1. The van der Waals surface area contributed by atoms with Gasteiger partial charge in [-0.05, 0) is 25.1 Å². The zero-order valence-corrected chi connectivity index (χ0v) is 18.0. The van der Waals surface area contributed by atoms with Crippen LogP contribution in [0.15, 0.2) is 30.7 Å². The molecular weight excluding hydrogens is 486 g/mol. The van der Waals surface area contributed by atoms with E-state index < -0.39 is 41.2 Å². The van der Waals surface area contributed by atoms with Crippen molar-refractivity contribution < 1.29 is 31.1 Å². The lowest BCUT2D eigenvalue weighted by atomic mass is 10.1. The molecule has 1 N–H and O–H groups in total. The molecule has 0 aliphatic carbocycles. The lowest BCUT2D eigenvalue weighted by Gasteiger charge is -2.16. The average Bonchev–Trinajstić information content (AvgIpc) is 3.26. The monoisotopic (exact) mass is 500 g/mol. The molecule has 32 heavy (non-hydrogen) atoms. The molecule has 0 saturated heterocycles. The van der Waals surface area contributed by atoms with Crippen molar-refractivity contribution in [2.75, 3.05) is 0 Å². The van der Waals surface area contributed by atoms with Crippen molar-refractivity contribution in [2.45, 2.75) is 25.3 Å². The zero-order valence-electron chi connectivity index (χ0n) is 16.3. The summed E-state index contributed by atoms with van der Waals surface area (Å²) in [7, 11) is 1.29. The van der Waals surface area contributed by atoms with E-state index >= 15 is 0 Å². The maximum atomic E-state index is 13.3. The van der Waals surface area contributed by atoms with Crippen molar-refractivity contribution in [1.29, 1.82) is 0 Å². The predicted molar refractivity (Wildman–Crippen MR) is 106 cm³/mol. The van der Waals surface area contributed by atoms with E-state index in [-0.39, 0.29) is 29.9 Å². The van der Waals surface area contributed by atoms with Gasteiger partial charge in [-0.3, -0.25) is 9.48 Å². The fraction of sp³-hybridized carbons (Fsp3) is 0.294. The van der Waals surface area contributed by atoms with E-state index in [2.05, 4.69) is 20.5 Å². The number of amides is 1. The average molecular weight is 501 g/mol. The van der Waals surface area contributed by atoms with Gasteiger partial charge in [-0.15, -0.1) is 0 Å². The van der Waals surface area contributed by atoms with Crippen molar-refractivity contribution in [3.05, 3.63) is 58.4 Å². The molecule has 1 aromatic carbocycles. The zero-order chi connectivity index (χ0) is 23.1. The Labute approximate surface area is 188 Å². The van der Waals surface area contributed by atoms with Crippen molar-refractivity contribution in [1.82, 2.24) is 29.9 Å². The molecule has 0 spiro atoms. The molecule has 0 radical (unpaired) electrons. The van der Waals surface area contributed by atoms with E-state index in [0.29, 0.717) is 12.1 Å². The lowest BCUT2D eigenvalue weighted by molar-refractivity contribution is -0.141. The van der Waals surface area contributed by atoms with Crippen molar-refractivity contribution >= 4 is 31.0 Å². The lowest BCUT2D eigenvalue weighted by Crippen LogP contribution is -2.29. The number of aryl methyl sites for hydroxylation is 1. The summed E-state index contributed by atoms with van der Waals surface area (Å²) in [5.41, 5.74) is -3.14. The van der Waals surface area contributed by atoms with Gasteiger partial charge in [0.25, 0.3) is 5.91 Å². The summed E-state index contributed by atoms with van der Waals surface area (Å²) in [6, 6.07) is 1.29. The molecule has 2 heterocycles. The molecule has 0 aliphatic heterocycles.